The second-order valence-electron chi connectivity index (χ2n) is 14.1. The van der Waals surface area contributed by atoms with Crippen molar-refractivity contribution in [1.29, 1.82) is 0 Å². The average molecular weight is 777 g/mol. The smallest absolute Gasteiger partial charge is 0.272 e. The monoisotopic (exact) mass is 776 g/mol. The molecule has 0 radical (unpaired) electrons. The van der Waals surface area contributed by atoms with Crippen molar-refractivity contribution in [3.63, 3.8) is 0 Å². The fourth-order valence-corrected chi connectivity index (χ4v) is 8.42. The first-order valence-electron chi connectivity index (χ1n) is 18.5. The summed E-state index contributed by atoms with van der Waals surface area (Å²) in [6.45, 7) is 0.913. The number of rotatable bonds is 14. The van der Waals surface area contributed by atoms with Crippen LogP contribution in [0.25, 0.3) is 10.1 Å². The topological polar surface area (TPSA) is 151 Å². The Morgan fingerprint density at radius 2 is 1.70 bits per heavy atom. The van der Waals surface area contributed by atoms with Crippen molar-refractivity contribution in [2.75, 3.05) is 54.8 Å². The van der Waals surface area contributed by atoms with E-state index in [4.69, 9.17) is 9.47 Å². The lowest BCUT2D eigenvalue weighted by molar-refractivity contribution is -0.124. The van der Waals surface area contributed by atoms with Crippen LogP contribution in [-0.2, 0) is 34.3 Å². The Morgan fingerprint density at radius 1 is 0.875 bits per heavy atom. The van der Waals surface area contributed by atoms with Crippen molar-refractivity contribution in [2.24, 2.45) is 7.05 Å². The number of ether oxygens (including phenoxy) is 2. The van der Waals surface area contributed by atoms with Gasteiger partial charge in [0.15, 0.2) is 11.5 Å². The van der Waals surface area contributed by atoms with Gasteiger partial charge in [0.1, 0.15) is 11.5 Å². The number of anilines is 4. The lowest BCUT2D eigenvalue weighted by atomic mass is 10.1. The van der Waals surface area contributed by atoms with Crippen LogP contribution >= 0.6 is 11.3 Å². The number of benzene rings is 3. The summed E-state index contributed by atoms with van der Waals surface area (Å²) in [6, 6.07) is 20.8. The summed E-state index contributed by atoms with van der Waals surface area (Å²) < 4.78 is 14.4. The summed E-state index contributed by atoms with van der Waals surface area (Å²) in [5.41, 5.74) is 4.87. The van der Waals surface area contributed by atoms with Crippen LogP contribution in [0.1, 0.15) is 57.0 Å². The van der Waals surface area contributed by atoms with Gasteiger partial charge in [-0.15, -0.1) is 11.3 Å². The molecule has 7 rings (SSSR count). The number of aryl methyl sites for hydroxylation is 1. The molecule has 1 atom stereocenters. The molecule has 3 aromatic carbocycles. The number of Topliss-reactive ketones (excluding diaryl/α,β-unsaturated/α-hetero) is 1. The van der Waals surface area contributed by atoms with Gasteiger partial charge in [-0.2, -0.15) is 0 Å². The van der Waals surface area contributed by atoms with Gasteiger partial charge in [0.2, 0.25) is 11.8 Å². The van der Waals surface area contributed by atoms with Crippen LogP contribution in [0.2, 0.25) is 0 Å². The van der Waals surface area contributed by atoms with E-state index in [0.717, 1.165) is 32.8 Å². The molecule has 0 bridgehead atoms. The highest BCUT2D eigenvalue weighted by atomic mass is 32.1. The van der Waals surface area contributed by atoms with Gasteiger partial charge >= 0.3 is 0 Å². The normalized spacial score (nSPS) is 14.4. The molecular formula is C42H44N6O7S. The maximum Gasteiger partial charge on any atom is 0.272 e. The zero-order valence-electron chi connectivity index (χ0n) is 31.8. The van der Waals surface area contributed by atoms with E-state index >= 15 is 0 Å². The maximum absolute atomic E-state index is 13.9. The third kappa shape index (κ3) is 8.10. The molecule has 4 heterocycles. The van der Waals surface area contributed by atoms with Crippen LogP contribution in [0.4, 0.5) is 22.7 Å². The van der Waals surface area contributed by atoms with E-state index in [1.54, 1.807) is 44.1 Å². The number of aromatic nitrogens is 1. The van der Waals surface area contributed by atoms with Crippen LogP contribution < -0.4 is 35.2 Å². The molecule has 2 aromatic heterocycles. The Morgan fingerprint density at radius 3 is 2.50 bits per heavy atom. The van der Waals surface area contributed by atoms with Gasteiger partial charge in [0.25, 0.3) is 11.8 Å². The molecule has 13 nitrogen and oxygen atoms in total. The molecule has 3 N–H and O–H groups in total. The molecule has 290 valence electrons. The fourth-order valence-electron chi connectivity index (χ4n) is 7.35. The molecule has 0 saturated heterocycles. The minimum Gasteiger partial charge on any atom is -0.493 e. The molecule has 0 unspecified atom stereocenters. The molecule has 2 aliphatic heterocycles. The van der Waals surface area contributed by atoms with Gasteiger partial charge in [-0.1, -0.05) is 18.2 Å². The number of methoxy groups -OCH3 is 1. The van der Waals surface area contributed by atoms with Crippen molar-refractivity contribution in [1.82, 2.24) is 9.88 Å². The minimum atomic E-state index is -0.340. The third-order valence-electron chi connectivity index (χ3n) is 10.1. The Balaban J connectivity index is 0.915. The van der Waals surface area contributed by atoms with Crippen LogP contribution in [0, 0.1) is 0 Å². The molecular weight excluding hydrogens is 733 g/mol. The molecule has 0 spiro atoms. The van der Waals surface area contributed by atoms with E-state index in [0.29, 0.717) is 47.1 Å². The zero-order chi connectivity index (χ0) is 39.5. The number of likely N-dealkylation sites (N-methyl/N-ethyl adjacent to an activating group) is 1. The number of hydrogen-bond acceptors (Lipinski definition) is 9. The highest BCUT2D eigenvalue weighted by Gasteiger charge is 2.39. The molecule has 14 heteroatoms. The van der Waals surface area contributed by atoms with E-state index in [1.165, 1.54) is 16.9 Å². The fraction of sp³-hybridized carbons (Fsp3) is 0.310. The van der Waals surface area contributed by atoms with E-state index < -0.39 is 0 Å². The van der Waals surface area contributed by atoms with Gasteiger partial charge in [0, 0.05) is 86.6 Å². The number of amides is 4. The van der Waals surface area contributed by atoms with E-state index in [9.17, 15) is 24.0 Å². The first-order valence-corrected chi connectivity index (χ1v) is 19.3. The Kier molecular flexibility index (Phi) is 11.1. The number of carbonyl (C=O) groups excluding carboxylic acids is 5. The maximum atomic E-state index is 13.9. The summed E-state index contributed by atoms with van der Waals surface area (Å²) in [7, 11) is 6.80. The number of para-hydroxylation sites is 1. The predicted octanol–water partition coefficient (Wildman–Crippen LogP) is 5.96. The molecule has 4 amide bonds. The summed E-state index contributed by atoms with van der Waals surface area (Å²) in [6.07, 6.45) is 3.69. The largest absolute Gasteiger partial charge is 0.493 e. The van der Waals surface area contributed by atoms with Crippen LogP contribution in [0.15, 0.2) is 72.9 Å². The zero-order valence-corrected chi connectivity index (χ0v) is 32.6. The quantitative estimate of drug-likeness (QED) is 0.117. The molecule has 2 aliphatic rings. The van der Waals surface area contributed by atoms with Gasteiger partial charge in [-0.05, 0) is 66.3 Å². The third-order valence-corrected chi connectivity index (χ3v) is 11.2. The second kappa shape index (κ2) is 16.3. The summed E-state index contributed by atoms with van der Waals surface area (Å²) in [5.74, 6) is 0.138. The molecule has 0 aliphatic carbocycles. The van der Waals surface area contributed by atoms with Gasteiger partial charge in [-0.25, -0.2) is 0 Å². The van der Waals surface area contributed by atoms with Crippen molar-refractivity contribution >= 4 is 73.6 Å². The van der Waals surface area contributed by atoms with Crippen LogP contribution in [-0.4, -0.2) is 74.4 Å². The lowest BCUT2D eigenvalue weighted by Gasteiger charge is -2.25. The first kappa shape index (κ1) is 38.1. The number of nitrogens with zero attached hydrogens (tertiary/aromatic N) is 3. The van der Waals surface area contributed by atoms with Gasteiger partial charge in [0.05, 0.1) is 36.7 Å². The van der Waals surface area contributed by atoms with Gasteiger partial charge < -0.3 is 39.8 Å². The number of thiophene rings is 1. The highest BCUT2D eigenvalue weighted by Crippen LogP contribution is 2.42. The SMILES string of the molecule is CNC(=O)CCC(=O)Cc1cc2cc(NC(=O)c3cc(NC(=O)CCCOc4cc5c(cc4OC)C(=O)N4c6ccccc6C[C@H]4CN5C)cn3C)ccc2s1. The van der Waals surface area contributed by atoms with Crippen LogP contribution in [0.3, 0.4) is 0 Å². The number of nitrogens with one attached hydrogen (secondary N) is 3. The Bertz CT molecular complexity index is 2350. The Labute approximate surface area is 328 Å². The van der Waals surface area contributed by atoms with Crippen molar-refractivity contribution in [3.05, 3.63) is 94.6 Å². The van der Waals surface area contributed by atoms with E-state index in [2.05, 4.69) is 26.9 Å². The lowest BCUT2D eigenvalue weighted by Crippen LogP contribution is -2.41. The summed E-state index contributed by atoms with van der Waals surface area (Å²) in [5, 5.41) is 9.23. The average Bonchev–Trinajstić information content (AvgIpc) is 3.86. The molecule has 0 saturated carbocycles. The second-order valence-corrected chi connectivity index (χ2v) is 15.3. The summed E-state index contributed by atoms with van der Waals surface area (Å²) >= 11 is 1.51. The number of hydrogen-bond donors (Lipinski definition) is 3. The standard InChI is InChI=1S/C42H44N6O7S/c1-43-39(50)14-12-30(49)20-31-18-26-16-27(11-13-38(26)56-31)45-41(52)35-19-28(23-46(35)2)44-40(51)10-7-15-55-37-22-34-32(21-36(37)54-4)42(53)48-29(24-47(34)3)17-25-8-5-6-9-33(25)48/h5-6,8-9,11,13,16,18-19,21-23,29H,7,10,12,14-15,17,20,24H2,1-4H3,(H,43,50)(H,44,51)(H,45,52)/t29-/m0/s1. The molecule has 0 fully saturated rings. The van der Waals surface area contributed by atoms with Crippen molar-refractivity contribution < 1.29 is 33.4 Å². The number of ketones is 1. The first-order chi connectivity index (χ1) is 27.0. The number of fused-ring (bicyclic) bond motifs is 5. The molecule has 56 heavy (non-hydrogen) atoms. The van der Waals surface area contributed by atoms with Crippen LogP contribution in [0.5, 0.6) is 11.5 Å². The highest BCUT2D eigenvalue weighted by molar-refractivity contribution is 7.19. The van der Waals surface area contributed by atoms with Gasteiger partial charge in [-0.3, -0.25) is 24.0 Å². The summed E-state index contributed by atoms with van der Waals surface area (Å²) in [4.78, 5) is 68.7. The van der Waals surface area contributed by atoms with Crippen molar-refractivity contribution in [2.45, 2.75) is 44.6 Å². The minimum absolute atomic E-state index is 0.00439. The van der Waals surface area contributed by atoms with E-state index in [1.807, 2.05) is 60.5 Å². The predicted molar refractivity (Wildman–Crippen MR) is 218 cm³/mol. The van der Waals surface area contributed by atoms with Crippen molar-refractivity contribution in [3.8, 4) is 11.5 Å². The number of carbonyl (C=O) groups is 5. The van der Waals surface area contributed by atoms with E-state index in [-0.39, 0.29) is 67.7 Å². The molecule has 5 aromatic rings. The Hall–Kier alpha value is -6.15.